The predicted molar refractivity (Wildman–Crippen MR) is 71.8 cm³/mol. The number of rotatable bonds is 1. The van der Waals surface area contributed by atoms with Crippen LogP contribution in [0, 0.1) is 0 Å². The number of fused-ring (bicyclic) bond motifs is 1. The molecule has 0 aromatic carbocycles. The summed E-state index contributed by atoms with van der Waals surface area (Å²) in [4.78, 5) is 16.3. The van der Waals surface area contributed by atoms with E-state index in [9.17, 15) is 0 Å². The van der Waals surface area contributed by atoms with Gasteiger partial charge in [-0.2, -0.15) is 0 Å². The van der Waals surface area contributed by atoms with Crippen LogP contribution in [-0.4, -0.2) is 66.6 Å². The smallest absolute Gasteiger partial charge is 0.225 e. The molecule has 0 bridgehead atoms. The molecule has 0 amide bonds. The maximum absolute atomic E-state index is 4.77. The summed E-state index contributed by atoms with van der Waals surface area (Å²) < 4.78 is 0. The van der Waals surface area contributed by atoms with Crippen molar-refractivity contribution in [3.63, 3.8) is 0 Å². The molecular formula is C13H21N5. The molecule has 0 unspecified atom stereocenters. The first-order valence-electron chi connectivity index (χ1n) is 6.69. The van der Waals surface area contributed by atoms with E-state index in [2.05, 4.69) is 33.8 Å². The second-order valence-electron chi connectivity index (χ2n) is 5.42. The molecule has 3 heterocycles. The molecule has 0 aliphatic carbocycles. The fraction of sp³-hybridized carbons (Fsp3) is 0.692. The highest BCUT2D eigenvalue weighted by atomic mass is 15.3. The Hall–Kier alpha value is -1.20. The summed E-state index contributed by atoms with van der Waals surface area (Å²) in [5.41, 5.74) is 2.54. The number of anilines is 1. The molecule has 0 atom stereocenters. The van der Waals surface area contributed by atoms with Gasteiger partial charge in [-0.15, -0.1) is 0 Å². The summed E-state index contributed by atoms with van der Waals surface area (Å²) in [6, 6.07) is 0. The molecule has 1 fully saturated rings. The molecule has 0 radical (unpaired) electrons. The molecule has 2 aliphatic rings. The predicted octanol–water partition coefficient (Wildman–Crippen LogP) is 0.216. The van der Waals surface area contributed by atoms with Gasteiger partial charge in [0.25, 0.3) is 0 Å². The van der Waals surface area contributed by atoms with E-state index in [1.165, 1.54) is 11.3 Å². The number of hydrogen-bond acceptors (Lipinski definition) is 5. The first-order chi connectivity index (χ1) is 8.72. The average molecular weight is 247 g/mol. The quantitative estimate of drug-likeness (QED) is 0.709. The van der Waals surface area contributed by atoms with Gasteiger partial charge in [0.05, 0.1) is 5.69 Å². The van der Waals surface area contributed by atoms with Gasteiger partial charge < -0.3 is 14.7 Å². The van der Waals surface area contributed by atoms with Crippen molar-refractivity contribution >= 4 is 5.95 Å². The minimum Gasteiger partial charge on any atom is -0.338 e. The Morgan fingerprint density at radius 2 is 1.78 bits per heavy atom. The topological polar surface area (TPSA) is 35.5 Å². The van der Waals surface area contributed by atoms with Crippen molar-refractivity contribution in [1.29, 1.82) is 0 Å². The SMILES string of the molecule is CN1CCN(c2ncc3c(n2)CCN(C)C3)CC1. The Kier molecular flexibility index (Phi) is 3.18. The third-order valence-corrected chi connectivity index (χ3v) is 3.90. The summed E-state index contributed by atoms with van der Waals surface area (Å²) in [7, 11) is 4.32. The van der Waals surface area contributed by atoms with E-state index in [1.807, 2.05) is 6.20 Å². The van der Waals surface area contributed by atoms with Gasteiger partial charge in [0.15, 0.2) is 0 Å². The van der Waals surface area contributed by atoms with E-state index >= 15 is 0 Å². The van der Waals surface area contributed by atoms with Crippen LogP contribution in [-0.2, 0) is 13.0 Å². The molecule has 0 N–H and O–H groups in total. The summed E-state index contributed by atoms with van der Waals surface area (Å²) in [6.07, 6.45) is 3.07. The van der Waals surface area contributed by atoms with Gasteiger partial charge >= 0.3 is 0 Å². The summed E-state index contributed by atoms with van der Waals surface area (Å²) in [5.74, 6) is 0.923. The van der Waals surface area contributed by atoms with Crippen molar-refractivity contribution in [2.45, 2.75) is 13.0 Å². The van der Waals surface area contributed by atoms with Crippen LogP contribution in [0.25, 0.3) is 0 Å². The van der Waals surface area contributed by atoms with E-state index in [1.54, 1.807) is 0 Å². The molecule has 5 heteroatoms. The second-order valence-corrected chi connectivity index (χ2v) is 5.42. The van der Waals surface area contributed by atoms with E-state index < -0.39 is 0 Å². The van der Waals surface area contributed by atoms with Crippen molar-refractivity contribution in [3.05, 3.63) is 17.5 Å². The average Bonchev–Trinajstić information content (AvgIpc) is 2.39. The first-order valence-corrected chi connectivity index (χ1v) is 6.69. The molecule has 2 aliphatic heterocycles. The van der Waals surface area contributed by atoms with Crippen LogP contribution in [0.4, 0.5) is 5.95 Å². The van der Waals surface area contributed by atoms with Crippen LogP contribution in [0.1, 0.15) is 11.3 Å². The third-order valence-electron chi connectivity index (χ3n) is 3.90. The fourth-order valence-electron chi connectivity index (χ4n) is 2.61. The van der Waals surface area contributed by atoms with Crippen molar-refractivity contribution in [2.75, 3.05) is 51.7 Å². The lowest BCUT2D eigenvalue weighted by atomic mass is 10.1. The van der Waals surface area contributed by atoms with E-state index in [0.717, 1.165) is 51.6 Å². The van der Waals surface area contributed by atoms with Crippen molar-refractivity contribution in [3.8, 4) is 0 Å². The zero-order valence-electron chi connectivity index (χ0n) is 11.3. The highest BCUT2D eigenvalue weighted by Gasteiger charge is 2.20. The van der Waals surface area contributed by atoms with Crippen LogP contribution < -0.4 is 4.90 Å². The lowest BCUT2D eigenvalue weighted by molar-refractivity contribution is 0.305. The van der Waals surface area contributed by atoms with Gasteiger partial charge in [-0.1, -0.05) is 0 Å². The van der Waals surface area contributed by atoms with Gasteiger partial charge in [0.2, 0.25) is 5.95 Å². The largest absolute Gasteiger partial charge is 0.338 e. The van der Waals surface area contributed by atoms with Crippen LogP contribution in [0.3, 0.4) is 0 Å². The molecule has 3 rings (SSSR count). The number of likely N-dealkylation sites (N-methyl/N-ethyl adjacent to an activating group) is 2. The number of piperazine rings is 1. The highest BCUT2D eigenvalue weighted by molar-refractivity contribution is 5.34. The monoisotopic (exact) mass is 247 g/mol. The van der Waals surface area contributed by atoms with Crippen LogP contribution in [0.15, 0.2) is 6.20 Å². The van der Waals surface area contributed by atoms with Gasteiger partial charge in [0, 0.05) is 57.4 Å². The van der Waals surface area contributed by atoms with E-state index in [-0.39, 0.29) is 0 Å². The van der Waals surface area contributed by atoms with Crippen molar-refractivity contribution in [1.82, 2.24) is 19.8 Å². The van der Waals surface area contributed by atoms with Crippen molar-refractivity contribution in [2.24, 2.45) is 0 Å². The number of aromatic nitrogens is 2. The zero-order chi connectivity index (χ0) is 12.5. The van der Waals surface area contributed by atoms with Crippen LogP contribution >= 0.6 is 0 Å². The molecule has 0 saturated carbocycles. The first kappa shape index (κ1) is 11.9. The van der Waals surface area contributed by atoms with Gasteiger partial charge in [-0.25, -0.2) is 9.97 Å². The lowest BCUT2D eigenvalue weighted by Gasteiger charge is -2.33. The van der Waals surface area contributed by atoms with Crippen molar-refractivity contribution < 1.29 is 0 Å². The maximum Gasteiger partial charge on any atom is 0.225 e. The lowest BCUT2D eigenvalue weighted by Crippen LogP contribution is -2.45. The molecule has 98 valence electrons. The third kappa shape index (κ3) is 2.33. The Morgan fingerprint density at radius 3 is 2.56 bits per heavy atom. The Balaban J connectivity index is 1.78. The molecule has 18 heavy (non-hydrogen) atoms. The normalized spacial score (nSPS) is 22.0. The van der Waals surface area contributed by atoms with E-state index in [0.29, 0.717) is 0 Å². The Morgan fingerprint density at radius 1 is 1.00 bits per heavy atom. The van der Waals surface area contributed by atoms with Gasteiger partial charge in [-0.05, 0) is 14.1 Å². The zero-order valence-corrected chi connectivity index (χ0v) is 11.3. The molecule has 0 spiro atoms. The number of hydrogen-bond donors (Lipinski definition) is 0. The second kappa shape index (κ2) is 4.82. The Labute approximate surface area is 108 Å². The molecule has 1 aromatic heterocycles. The summed E-state index contributed by atoms with van der Waals surface area (Å²) in [6.45, 7) is 6.36. The summed E-state index contributed by atoms with van der Waals surface area (Å²) in [5, 5.41) is 0. The molecule has 1 aromatic rings. The maximum atomic E-state index is 4.77. The van der Waals surface area contributed by atoms with E-state index in [4.69, 9.17) is 4.98 Å². The highest BCUT2D eigenvalue weighted by Crippen LogP contribution is 2.18. The van der Waals surface area contributed by atoms with Gasteiger partial charge in [0.1, 0.15) is 0 Å². The van der Waals surface area contributed by atoms with Gasteiger partial charge in [-0.3, -0.25) is 0 Å². The van der Waals surface area contributed by atoms with Crippen LogP contribution in [0.5, 0.6) is 0 Å². The Bertz CT molecular complexity index is 425. The minimum absolute atomic E-state index is 0.923. The number of nitrogens with zero attached hydrogens (tertiary/aromatic N) is 5. The minimum atomic E-state index is 0.923. The molecule has 1 saturated heterocycles. The standard InChI is InChI=1S/C13H21N5/c1-16-5-7-18(8-6-16)13-14-9-11-10-17(2)4-3-12(11)15-13/h9H,3-8,10H2,1-2H3. The summed E-state index contributed by atoms with van der Waals surface area (Å²) >= 11 is 0. The molecule has 5 nitrogen and oxygen atoms in total. The molecular weight excluding hydrogens is 226 g/mol. The fourth-order valence-corrected chi connectivity index (χ4v) is 2.61. The van der Waals surface area contributed by atoms with Crippen LogP contribution in [0.2, 0.25) is 0 Å².